The van der Waals surface area contributed by atoms with Gasteiger partial charge >= 0.3 is 0 Å². The van der Waals surface area contributed by atoms with E-state index >= 15 is 0 Å². The van der Waals surface area contributed by atoms with Gasteiger partial charge in [0.05, 0.1) is 6.10 Å². The summed E-state index contributed by atoms with van der Waals surface area (Å²) in [5.41, 5.74) is 8.85. The van der Waals surface area contributed by atoms with Crippen LogP contribution in [0.4, 0.5) is 11.5 Å². The van der Waals surface area contributed by atoms with Gasteiger partial charge in [0.15, 0.2) is 5.82 Å². The molecule has 0 saturated heterocycles. The lowest BCUT2D eigenvalue weighted by atomic mass is 10.1. The molecule has 0 bridgehead atoms. The minimum Gasteiger partial charge on any atom is -0.473 e. The van der Waals surface area contributed by atoms with Crippen molar-refractivity contribution in [3.05, 3.63) is 41.7 Å². The topological polar surface area (TPSA) is 73.1 Å². The molecule has 3 N–H and O–H groups in total. The summed E-state index contributed by atoms with van der Waals surface area (Å²) < 4.78 is 5.54. The van der Waals surface area contributed by atoms with Crippen LogP contribution in [0.2, 0.25) is 0 Å². The summed E-state index contributed by atoms with van der Waals surface area (Å²) in [6.07, 6.45) is 1.48. The van der Waals surface area contributed by atoms with E-state index < -0.39 is 0 Å². The maximum Gasteiger partial charge on any atom is 0.242 e. The first kappa shape index (κ1) is 14.1. The highest BCUT2D eigenvalue weighted by Gasteiger charge is 2.10. The van der Waals surface area contributed by atoms with Crippen LogP contribution >= 0.6 is 0 Å². The molecule has 0 atom stereocenters. The summed E-state index contributed by atoms with van der Waals surface area (Å²) in [6, 6.07) is 8.30. The van der Waals surface area contributed by atoms with Gasteiger partial charge in [-0.1, -0.05) is 29.8 Å². The molecular weight excluding hydrogens is 252 g/mol. The first-order chi connectivity index (χ1) is 9.56. The molecule has 0 aliphatic heterocycles. The maximum atomic E-state index is 6.01. The molecule has 0 aliphatic carbocycles. The Bertz CT molecular complexity index is 567. The number of nitrogens with zero attached hydrogens (tertiary/aromatic N) is 2. The molecule has 1 heterocycles. The van der Waals surface area contributed by atoms with Crippen LogP contribution in [0.15, 0.2) is 30.6 Å². The molecule has 0 amide bonds. The molecule has 0 fully saturated rings. The van der Waals surface area contributed by atoms with E-state index in [1.165, 1.54) is 17.5 Å². The van der Waals surface area contributed by atoms with Gasteiger partial charge in [0.25, 0.3) is 0 Å². The SMILES string of the molecule is Cc1ccc(CNc2ncnc(OC(C)C)c2N)cc1. The Morgan fingerprint density at radius 3 is 2.55 bits per heavy atom. The Balaban J connectivity index is 2.07. The molecule has 20 heavy (non-hydrogen) atoms. The maximum absolute atomic E-state index is 6.01. The minimum atomic E-state index is 0.0251. The van der Waals surface area contributed by atoms with Gasteiger partial charge in [-0.2, -0.15) is 4.98 Å². The Hall–Kier alpha value is -2.30. The molecule has 5 nitrogen and oxygen atoms in total. The smallest absolute Gasteiger partial charge is 0.242 e. The number of hydrogen-bond donors (Lipinski definition) is 2. The van der Waals surface area contributed by atoms with Gasteiger partial charge in [-0.25, -0.2) is 4.98 Å². The molecular formula is C15H20N4O. The monoisotopic (exact) mass is 272 g/mol. The number of aryl methyl sites for hydroxylation is 1. The molecule has 0 spiro atoms. The van der Waals surface area contributed by atoms with Gasteiger partial charge < -0.3 is 15.8 Å². The molecule has 0 saturated carbocycles. The zero-order valence-electron chi connectivity index (χ0n) is 12.1. The van der Waals surface area contributed by atoms with E-state index in [1.54, 1.807) is 0 Å². The fraction of sp³-hybridized carbons (Fsp3) is 0.333. The summed E-state index contributed by atoms with van der Waals surface area (Å²) in [4.78, 5) is 8.20. The van der Waals surface area contributed by atoms with Crippen molar-refractivity contribution in [1.29, 1.82) is 0 Å². The second-order valence-corrected chi connectivity index (χ2v) is 4.95. The van der Waals surface area contributed by atoms with E-state index in [9.17, 15) is 0 Å². The molecule has 1 aromatic carbocycles. The fourth-order valence-corrected chi connectivity index (χ4v) is 1.73. The third-order valence-electron chi connectivity index (χ3n) is 2.78. The first-order valence-corrected chi connectivity index (χ1v) is 6.63. The number of nitrogens with two attached hydrogens (primary N) is 1. The molecule has 5 heteroatoms. The van der Waals surface area contributed by atoms with Crippen LogP contribution in [0, 0.1) is 6.92 Å². The summed E-state index contributed by atoms with van der Waals surface area (Å²) >= 11 is 0. The second-order valence-electron chi connectivity index (χ2n) is 4.95. The molecule has 2 aromatic rings. The number of anilines is 2. The quantitative estimate of drug-likeness (QED) is 0.875. The normalized spacial score (nSPS) is 10.6. The van der Waals surface area contributed by atoms with Gasteiger partial charge in [-0.3, -0.25) is 0 Å². The molecule has 0 aliphatic rings. The summed E-state index contributed by atoms with van der Waals surface area (Å²) in [5, 5.41) is 3.21. The molecule has 1 aromatic heterocycles. The van der Waals surface area contributed by atoms with Crippen LogP contribution < -0.4 is 15.8 Å². The van der Waals surface area contributed by atoms with Crippen molar-refractivity contribution in [2.45, 2.75) is 33.4 Å². The van der Waals surface area contributed by atoms with Crippen molar-refractivity contribution in [2.75, 3.05) is 11.1 Å². The Labute approximate surface area is 119 Å². The van der Waals surface area contributed by atoms with Crippen molar-refractivity contribution < 1.29 is 4.74 Å². The van der Waals surface area contributed by atoms with Crippen LogP contribution in [-0.4, -0.2) is 16.1 Å². The van der Waals surface area contributed by atoms with Crippen molar-refractivity contribution in [3.63, 3.8) is 0 Å². The first-order valence-electron chi connectivity index (χ1n) is 6.63. The summed E-state index contributed by atoms with van der Waals surface area (Å²) in [5.74, 6) is 1.01. The Morgan fingerprint density at radius 1 is 1.20 bits per heavy atom. The van der Waals surface area contributed by atoms with Crippen LogP contribution in [-0.2, 0) is 6.54 Å². The number of rotatable bonds is 5. The van der Waals surface area contributed by atoms with Crippen LogP contribution in [0.25, 0.3) is 0 Å². The van der Waals surface area contributed by atoms with E-state index in [-0.39, 0.29) is 6.10 Å². The Kier molecular flexibility index (Phi) is 4.40. The zero-order valence-corrected chi connectivity index (χ0v) is 12.1. The van der Waals surface area contributed by atoms with Gasteiger partial charge in [0.2, 0.25) is 5.88 Å². The number of aromatic nitrogens is 2. The highest BCUT2D eigenvalue weighted by atomic mass is 16.5. The molecule has 0 unspecified atom stereocenters. The van der Waals surface area contributed by atoms with Gasteiger partial charge in [-0.05, 0) is 26.3 Å². The van der Waals surface area contributed by atoms with Gasteiger partial charge in [0, 0.05) is 6.54 Å². The van der Waals surface area contributed by atoms with Gasteiger partial charge in [0.1, 0.15) is 12.0 Å². The average molecular weight is 272 g/mol. The predicted molar refractivity (Wildman–Crippen MR) is 80.7 cm³/mol. The molecule has 0 radical (unpaired) electrons. The highest BCUT2D eigenvalue weighted by molar-refractivity contribution is 5.66. The average Bonchev–Trinajstić information content (AvgIpc) is 2.41. The van der Waals surface area contributed by atoms with Crippen LogP contribution in [0.5, 0.6) is 5.88 Å². The van der Waals surface area contributed by atoms with E-state index in [1.807, 2.05) is 13.8 Å². The summed E-state index contributed by atoms with van der Waals surface area (Å²) in [7, 11) is 0. The largest absolute Gasteiger partial charge is 0.473 e. The van der Waals surface area contributed by atoms with E-state index in [0.29, 0.717) is 23.9 Å². The van der Waals surface area contributed by atoms with Crippen molar-refractivity contribution in [2.24, 2.45) is 0 Å². The lowest BCUT2D eigenvalue weighted by Gasteiger charge is -2.13. The molecule has 106 valence electrons. The fourth-order valence-electron chi connectivity index (χ4n) is 1.73. The summed E-state index contributed by atoms with van der Waals surface area (Å²) in [6.45, 7) is 6.58. The number of benzene rings is 1. The highest BCUT2D eigenvalue weighted by Crippen LogP contribution is 2.25. The number of nitrogens with one attached hydrogen (secondary N) is 1. The lowest BCUT2D eigenvalue weighted by Crippen LogP contribution is -2.12. The van der Waals surface area contributed by atoms with Crippen LogP contribution in [0.3, 0.4) is 0 Å². The number of ether oxygens (including phenoxy) is 1. The van der Waals surface area contributed by atoms with Crippen molar-refractivity contribution in [3.8, 4) is 5.88 Å². The van der Waals surface area contributed by atoms with E-state index in [0.717, 1.165) is 0 Å². The lowest BCUT2D eigenvalue weighted by molar-refractivity contribution is 0.234. The molecule has 2 rings (SSSR count). The third kappa shape index (κ3) is 3.60. The number of nitrogen functional groups attached to an aromatic ring is 1. The predicted octanol–water partition coefficient (Wildman–Crippen LogP) is 2.77. The zero-order chi connectivity index (χ0) is 14.5. The van der Waals surface area contributed by atoms with E-state index in [4.69, 9.17) is 10.5 Å². The second kappa shape index (κ2) is 6.23. The standard InChI is InChI=1S/C15H20N4O/c1-10(2)20-15-13(16)14(18-9-19-15)17-8-12-6-4-11(3)5-7-12/h4-7,9-10H,8,16H2,1-3H3,(H,17,18,19). The number of hydrogen-bond acceptors (Lipinski definition) is 5. The third-order valence-corrected chi connectivity index (χ3v) is 2.78. The van der Waals surface area contributed by atoms with Gasteiger partial charge in [-0.15, -0.1) is 0 Å². The van der Waals surface area contributed by atoms with Crippen molar-refractivity contribution in [1.82, 2.24) is 9.97 Å². The Morgan fingerprint density at radius 2 is 1.90 bits per heavy atom. The van der Waals surface area contributed by atoms with Crippen molar-refractivity contribution >= 4 is 11.5 Å². The van der Waals surface area contributed by atoms with E-state index in [2.05, 4.69) is 46.5 Å². The van der Waals surface area contributed by atoms with Crippen LogP contribution in [0.1, 0.15) is 25.0 Å². The minimum absolute atomic E-state index is 0.0251.